The third-order valence-corrected chi connectivity index (χ3v) is 4.35. The number of aryl methyl sites for hydroxylation is 2. The molecular formula is C17H28N2O. The first-order valence-corrected chi connectivity index (χ1v) is 7.60. The number of nitrogens with zero attached hydrogens (tertiary/aromatic N) is 2. The molecule has 0 bridgehead atoms. The van der Waals surface area contributed by atoms with E-state index in [0.29, 0.717) is 6.04 Å². The van der Waals surface area contributed by atoms with Crippen LogP contribution in [0.4, 0.5) is 0 Å². The molecule has 1 aliphatic rings. The van der Waals surface area contributed by atoms with Crippen LogP contribution in [0.2, 0.25) is 0 Å². The van der Waals surface area contributed by atoms with Gasteiger partial charge in [-0.15, -0.1) is 0 Å². The molecule has 1 aromatic carbocycles. The van der Waals surface area contributed by atoms with Gasteiger partial charge in [-0.25, -0.2) is 0 Å². The lowest BCUT2D eigenvalue weighted by Crippen LogP contribution is -2.43. The Morgan fingerprint density at radius 2 is 1.70 bits per heavy atom. The van der Waals surface area contributed by atoms with Crippen molar-refractivity contribution in [2.24, 2.45) is 0 Å². The molecule has 1 aliphatic heterocycles. The third-order valence-electron chi connectivity index (χ3n) is 4.35. The summed E-state index contributed by atoms with van der Waals surface area (Å²) >= 11 is 0. The summed E-state index contributed by atoms with van der Waals surface area (Å²) in [5.74, 6) is 0. The number of aliphatic hydroxyl groups is 1. The minimum atomic E-state index is -0.371. The minimum Gasteiger partial charge on any atom is -0.387 e. The maximum atomic E-state index is 10.4. The highest BCUT2D eigenvalue weighted by atomic mass is 16.3. The van der Waals surface area contributed by atoms with Crippen LogP contribution in [0.15, 0.2) is 18.2 Å². The largest absolute Gasteiger partial charge is 0.387 e. The van der Waals surface area contributed by atoms with E-state index in [9.17, 15) is 5.11 Å². The molecule has 2 rings (SSSR count). The Labute approximate surface area is 123 Å². The van der Waals surface area contributed by atoms with Crippen molar-refractivity contribution in [3.8, 4) is 0 Å². The number of benzene rings is 1. The number of hydrogen-bond acceptors (Lipinski definition) is 3. The summed E-state index contributed by atoms with van der Waals surface area (Å²) in [5, 5.41) is 10.4. The molecule has 3 nitrogen and oxygen atoms in total. The van der Waals surface area contributed by atoms with Crippen LogP contribution in [-0.2, 0) is 0 Å². The molecule has 1 aromatic rings. The van der Waals surface area contributed by atoms with Crippen LogP contribution in [-0.4, -0.2) is 54.7 Å². The predicted molar refractivity (Wildman–Crippen MR) is 84.0 cm³/mol. The van der Waals surface area contributed by atoms with Gasteiger partial charge in [-0.3, -0.25) is 0 Å². The van der Waals surface area contributed by atoms with E-state index < -0.39 is 0 Å². The zero-order valence-electron chi connectivity index (χ0n) is 13.3. The molecule has 1 N–H and O–H groups in total. The summed E-state index contributed by atoms with van der Waals surface area (Å²) in [6, 6.07) is 7.05. The van der Waals surface area contributed by atoms with Gasteiger partial charge >= 0.3 is 0 Å². The highest BCUT2D eigenvalue weighted by Gasteiger charge is 2.22. The van der Waals surface area contributed by atoms with Gasteiger partial charge in [0.15, 0.2) is 0 Å². The molecule has 1 fully saturated rings. The Bertz CT molecular complexity index is 416. The highest BCUT2D eigenvalue weighted by Crippen LogP contribution is 2.21. The van der Waals surface area contributed by atoms with Crippen LogP contribution >= 0.6 is 0 Å². The van der Waals surface area contributed by atoms with Crippen molar-refractivity contribution < 1.29 is 5.11 Å². The third kappa shape index (κ3) is 4.05. The molecule has 112 valence electrons. The zero-order valence-corrected chi connectivity index (χ0v) is 13.3. The van der Waals surface area contributed by atoms with E-state index in [1.54, 1.807) is 0 Å². The lowest BCUT2D eigenvalue weighted by atomic mass is 10.0. The first-order valence-electron chi connectivity index (χ1n) is 7.60. The van der Waals surface area contributed by atoms with E-state index in [4.69, 9.17) is 0 Å². The standard InChI is InChI=1S/C17H28N2O/c1-13-9-14(2)11-15(10-13)17(20)12-19-7-5-16(6-8-19)18(3)4/h9-11,16-17,20H,5-8,12H2,1-4H3. The van der Waals surface area contributed by atoms with Crippen molar-refractivity contribution in [3.63, 3.8) is 0 Å². The molecule has 1 unspecified atom stereocenters. The van der Waals surface area contributed by atoms with E-state index in [1.165, 1.54) is 24.0 Å². The summed E-state index contributed by atoms with van der Waals surface area (Å²) in [6.45, 7) is 7.11. The van der Waals surface area contributed by atoms with Crippen LogP contribution in [0, 0.1) is 13.8 Å². The van der Waals surface area contributed by atoms with Crippen molar-refractivity contribution in [1.29, 1.82) is 0 Å². The van der Waals surface area contributed by atoms with Crippen LogP contribution in [0.3, 0.4) is 0 Å². The number of piperidine rings is 1. The molecule has 0 aromatic heterocycles. The smallest absolute Gasteiger partial charge is 0.0917 e. The maximum Gasteiger partial charge on any atom is 0.0917 e. The summed E-state index contributed by atoms with van der Waals surface area (Å²) in [5.41, 5.74) is 3.51. The highest BCUT2D eigenvalue weighted by molar-refractivity contribution is 5.30. The Balaban J connectivity index is 1.90. The summed E-state index contributed by atoms with van der Waals surface area (Å²) < 4.78 is 0. The Kier molecular flexibility index (Phi) is 5.19. The van der Waals surface area contributed by atoms with Gasteiger partial charge in [0.05, 0.1) is 6.10 Å². The van der Waals surface area contributed by atoms with Crippen molar-refractivity contribution in [3.05, 3.63) is 34.9 Å². The molecule has 0 spiro atoms. The van der Waals surface area contributed by atoms with Gasteiger partial charge in [-0.05, 0) is 59.4 Å². The number of aliphatic hydroxyl groups excluding tert-OH is 1. The fourth-order valence-corrected chi connectivity index (χ4v) is 3.17. The molecule has 1 atom stereocenters. The van der Waals surface area contributed by atoms with Crippen molar-refractivity contribution >= 4 is 0 Å². The fourth-order valence-electron chi connectivity index (χ4n) is 3.17. The van der Waals surface area contributed by atoms with Gasteiger partial charge in [0.25, 0.3) is 0 Å². The van der Waals surface area contributed by atoms with Gasteiger partial charge in [-0.2, -0.15) is 0 Å². The molecule has 0 radical (unpaired) electrons. The first-order chi connectivity index (χ1) is 9.45. The van der Waals surface area contributed by atoms with Crippen LogP contribution < -0.4 is 0 Å². The number of β-amino-alcohol motifs (C(OH)–C–C–N with tert-alkyl or cyclic N) is 1. The minimum absolute atomic E-state index is 0.371. The Hall–Kier alpha value is -0.900. The average molecular weight is 276 g/mol. The van der Waals surface area contributed by atoms with Gasteiger partial charge < -0.3 is 14.9 Å². The van der Waals surface area contributed by atoms with E-state index in [0.717, 1.165) is 25.2 Å². The number of hydrogen-bond donors (Lipinski definition) is 1. The molecule has 1 saturated heterocycles. The van der Waals surface area contributed by atoms with E-state index >= 15 is 0 Å². The quantitative estimate of drug-likeness (QED) is 0.914. The fraction of sp³-hybridized carbons (Fsp3) is 0.647. The first kappa shape index (κ1) is 15.5. The lowest BCUT2D eigenvalue weighted by Gasteiger charge is -2.36. The topological polar surface area (TPSA) is 26.7 Å². The molecule has 0 saturated carbocycles. The molecular weight excluding hydrogens is 248 g/mol. The van der Waals surface area contributed by atoms with Crippen molar-refractivity contribution in [1.82, 2.24) is 9.80 Å². The second-order valence-electron chi connectivity index (χ2n) is 6.43. The normalized spacial score (nSPS) is 19.5. The van der Waals surface area contributed by atoms with Crippen molar-refractivity contribution in [2.45, 2.75) is 38.8 Å². The lowest BCUT2D eigenvalue weighted by molar-refractivity contribution is 0.0798. The number of rotatable bonds is 4. The summed E-state index contributed by atoms with van der Waals surface area (Å²) in [4.78, 5) is 4.71. The van der Waals surface area contributed by atoms with Crippen molar-refractivity contribution in [2.75, 3.05) is 33.7 Å². The second-order valence-corrected chi connectivity index (χ2v) is 6.43. The summed E-state index contributed by atoms with van der Waals surface area (Å²) in [7, 11) is 4.31. The van der Waals surface area contributed by atoms with E-state index in [-0.39, 0.29) is 6.10 Å². The van der Waals surface area contributed by atoms with Crippen LogP contribution in [0.25, 0.3) is 0 Å². The Morgan fingerprint density at radius 3 is 2.20 bits per heavy atom. The summed E-state index contributed by atoms with van der Waals surface area (Å²) in [6.07, 6.45) is 2.03. The van der Waals surface area contributed by atoms with Gasteiger partial charge in [0.2, 0.25) is 0 Å². The monoisotopic (exact) mass is 276 g/mol. The maximum absolute atomic E-state index is 10.4. The molecule has 3 heteroatoms. The second kappa shape index (κ2) is 6.70. The molecule has 1 heterocycles. The molecule has 0 aliphatic carbocycles. The number of likely N-dealkylation sites (tertiary alicyclic amines) is 1. The average Bonchev–Trinajstić information content (AvgIpc) is 2.38. The van der Waals surface area contributed by atoms with Gasteiger partial charge in [0.1, 0.15) is 0 Å². The van der Waals surface area contributed by atoms with E-state index in [2.05, 4.69) is 55.9 Å². The van der Waals surface area contributed by atoms with Crippen LogP contribution in [0.1, 0.15) is 35.6 Å². The van der Waals surface area contributed by atoms with Crippen LogP contribution in [0.5, 0.6) is 0 Å². The molecule has 0 amide bonds. The van der Waals surface area contributed by atoms with Gasteiger partial charge in [0, 0.05) is 12.6 Å². The SMILES string of the molecule is Cc1cc(C)cc(C(O)CN2CCC(N(C)C)CC2)c1. The predicted octanol–water partition coefficient (Wildman–Crippen LogP) is 2.36. The molecule has 20 heavy (non-hydrogen) atoms. The van der Waals surface area contributed by atoms with Gasteiger partial charge in [-0.1, -0.05) is 29.3 Å². The zero-order chi connectivity index (χ0) is 14.7. The Morgan fingerprint density at radius 1 is 1.15 bits per heavy atom. The van der Waals surface area contributed by atoms with E-state index in [1.807, 2.05) is 0 Å².